The first-order valence-corrected chi connectivity index (χ1v) is 7.52. The molecule has 2 rings (SSSR count). The van der Waals surface area contributed by atoms with Crippen LogP contribution in [0.3, 0.4) is 0 Å². The van der Waals surface area contributed by atoms with E-state index in [1.165, 1.54) is 13.2 Å². The molecule has 0 saturated heterocycles. The molecule has 1 atom stereocenters. The van der Waals surface area contributed by atoms with Crippen molar-refractivity contribution in [1.29, 1.82) is 0 Å². The summed E-state index contributed by atoms with van der Waals surface area (Å²) in [6.45, 7) is 0.209. The third-order valence-corrected chi connectivity index (χ3v) is 4.34. The second-order valence-electron chi connectivity index (χ2n) is 5.86. The molecular weight excluding hydrogens is 309 g/mol. The van der Waals surface area contributed by atoms with Crippen LogP contribution in [0.1, 0.15) is 36.8 Å². The van der Waals surface area contributed by atoms with E-state index in [0.717, 1.165) is 18.6 Å². The normalized spacial score (nSPS) is 18.1. The van der Waals surface area contributed by atoms with Crippen molar-refractivity contribution in [2.45, 2.75) is 43.5 Å². The number of alkyl halides is 3. The Labute approximate surface area is 133 Å². The number of carbonyl (C=O) groups is 1. The summed E-state index contributed by atoms with van der Waals surface area (Å²) >= 11 is 0. The largest absolute Gasteiger partial charge is 0.416 e. The second kappa shape index (κ2) is 6.88. The van der Waals surface area contributed by atoms with E-state index in [1.54, 1.807) is 6.07 Å². The van der Waals surface area contributed by atoms with Crippen molar-refractivity contribution in [3.8, 4) is 0 Å². The minimum atomic E-state index is -4.40. The highest BCUT2D eigenvalue weighted by Gasteiger charge is 2.41. The van der Waals surface area contributed by atoms with Crippen LogP contribution in [0.4, 0.5) is 13.2 Å². The zero-order chi connectivity index (χ0) is 17.1. The third-order valence-electron chi connectivity index (χ3n) is 4.34. The summed E-state index contributed by atoms with van der Waals surface area (Å²) < 4.78 is 43.7. The topological polar surface area (TPSA) is 64.3 Å². The molecule has 0 bridgehead atoms. The molecule has 0 radical (unpaired) electrons. The van der Waals surface area contributed by atoms with Crippen LogP contribution in [-0.4, -0.2) is 25.7 Å². The van der Waals surface area contributed by atoms with Crippen molar-refractivity contribution in [2.75, 3.05) is 13.7 Å². The number of hydrogen-bond acceptors (Lipinski definition) is 3. The van der Waals surface area contributed by atoms with Gasteiger partial charge in [0.05, 0.1) is 23.6 Å². The van der Waals surface area contributed by atoms with Gasteiger partial charge in [-0.25, -0.2) is 0 Å². The van der Waals surface area contributed by atoms with Crippen LogP contribution < -0.4 is 11.1 Å². The van der Waals surface area contributed by atoms with Gasteiger partial charge in [0.15, 0.2) is 0 Å². The maximum atomic E-state index is 12.9. The molecule has 1 aromatic rings. The predicted molar refractivity (Wildman–Crippen MR) is 79.6 cm³/mol. The van der Waals surface area contributed by atoms with Crippen LogP contribution in [0.25, 0.3) is 0 Å². The van der Waals surface area contributed by atoms with Gasteiger partial charge in [0.25, 0.3) is 0 Å². The van der Waals surface area contributed by atoms with E-state index in [0.29, 0.717) is 18.4 Å². The van der Waals surface area contributed by atoms with Gasteiger partial charge in [0, 0.05) is 13.7 Å². The standard InChI is InChI=1S/C16H21F3N2O2/c1-23-13(10-20)9-14(22)21-15(6-3-7-15)11-4-2-5-12(8-11)16(17,18)19/h2,4-5,8,13H,3,6-7,9-10,20H2,1H3,(H,21,22). The van der Waals surface area contributed by atoms with Gasteiger partial charge in [-0.3, -0.25) is 4.79 Å². The van der Waals surface area contributed by atoms with Gasteiger partial charge in [-0.15, -0.1) is 0 Å². The maximum Gasteiger partial charge on any atom is 0.416 e. The fraction of sp³-hybridized carbons (Fsp3) is 0.562. The lowest BCUT2D eigenvalue weighted by atomic mass is 9.71. The minimum absolute atomic E-state index is 0.0910. The van der Waals surface area contributed by atoms with E-state index < -0.39 is 23.4 Å². The molecule has 1 aromatic carbocycles. The predicted octanol–water partition coefficient (Wildman–Crippen LogP) is 2.56. The van der Waals surface area contributed by atoms with E-state index in [4.69, 9.17) is 10.5 Å². The first-order valence-electron chi connectivity index (χ1n) is 7.52. The summed E-state index contributed by atoms with van der Waals surface area (Å²) in [4.78, 5) is 12.2. The van der Waals surface area contributed by atoms with Gasteiger partial charge in [-0.1, -0.05) is 12.1 Å². The van der Waals surface area contributed by atoms with Crippen LogP contribution in [-0.2, 0) is 21.2 Å². The Hall–Kier alpha value is -1.60. The number of halogens is 3. The zero-order valence-electron chi connectivity index (χ0n) is 13.0. The second-order valence-corrected chi connectivity index (χ2v) is 5.86. The number of rotatable bonds is 6. The van der Waals surface area contributed by atoms with Gasteiger partial charge in [0.2, 0.25) is 5.91 Å². The molecule has 0 spiro atoms. The molecule has 128 valence electrons. The molecule has 1 aliphatic carbocycles. The number of benzene rings is 1. The van der Waals surface area contributed by atoms with Crippen LogP contribution in [0.15, 0.2) is 24.3 Å². The molecular formula is C16H21F3N2O2. The Balaban J connectivity index is 2.16. The molecule has 0 aromatic heterocycles. The maximum absolute atomic E-state index is 12.9. The van der Waals surface area contributed by atoms with E-state index in [2.05, 4.69) is 5.32 Å². The van der Waals surface area contributed by atoms with E-state index in [9.17, 15) is 18.0 Å². The fourth-order valence-corrected chi connectivity index (χ4v) is 2.80. The molecule has 1 unspecified atom stereocenters. The molecule has 3 N–H and O–H groups in total. The monoisotopic (exact) mass is 330 g/mol. The Kier molecular flexibility index (Phi) is 5.31. The summed E-state index contributed by atoms with van der Waals surface area (Å²) in [5, 5.41) is 2.88. The van der Waals surface area contributed by atoms with Gasteiger partial charge >= 0.3 is 6.18 Å². The lowest BCUT2D eigenvalue weighted by molar-refractivity contribution is -0.137. The fourth-order valence-electron chi connectivity index (χ4n) is 2.80. The molecule has 7 heteroatoms. The molecule has 23 heavy (non-hydrogen) atoms. The van der Waals surface area contributed by atoms with Crippen LogP contribution >= 0.6 is 0 Å². The molecule has 4 nitrogen and oxygen atoms in total. The first kappa shape index (κ1) is 17.7. The van der Waals surface area contributed by atoms with Gasteiger partial charge < -0.3 is 15.8 Å². The highest BCUT2D eigenvalue weighted by molar-refractivity contribution is 5.77. The number of methoxy groups -OCH3 is 1. The quantitative estimate of drug-likeness (QED) is 0.842. The van der Waals surface area contributed by atoms with Gasteiger partial charge in [-0.05, 0) is 37.0 Å². The van der Waals surface area contributed by atoms with Crippen molar-refractivity contribution < 1.29 is 22.7 Å². The van der Waals surface area contributed by atoms with E-state index in [-0.39, 0.29) is 18.9 Å². The minimum Gasteiger partial charge on any atom is -0.380 e. The van der Waals surface area contributed by atoms with Crippen molar-refractivity contribution >= 4 is 5.91 Å². The first-order chi connectivity index (χ1) is 10.8. The molecule has 0 heterocycles. The number of amides is 1. The van der Waals surface area contributed by atoms with Crippen molar-refractivity contribution in [1.82, 2.24) is 5.32 Å². The summed E-state index contributed by atoms with van der Waals surface area (Å²) in [5.41, 5.74) is 4.57. The number of nitrogens with one attached hydrogen (secondary N) is 1. The lowest BCUT2D eigenvalue weighted by Crippen LogP contribution is -2.51. The zero-order valence-corrected chi connectivity index (χ0v) is 13.0. The molecule has 1 fully saturated rings. The Bertz CT molecular complexity index is 553. The van der Waals surface area contributed by atoms with Crippen LogP contribution in [0, 0.1) is 0 Å². The number of hydrogen-bond donors (Lipinski definition) is 2. The highest BCUT2D eigenvalue weighted by Crippen LogP contribution is 2.43. The van der Waals surface area contributed by atoms with Crippen molar-refractivity contribution in [3.05, 3.63) is 35.4 Å². The summed E-state index contributed by atoms with van der Waals surface area (Å²) in [6, 6.07) is 5.16. The van der Waals surface area contributed by atoms with Crippen molar-refractivity contribution in [3.63, 3.8) is 0 Å². The highest BCUT2D eigenvalue weighted by atomic mass is 19.4. The molecule has 1 saturated carbocycles. The molecule has 1 amide bonds. The number of nitrogens with two attached hydrogens (primary N) is 1. The SMILES string of the molecule is COC(CN)CC(=O)NC1(c2cccc(C(F)(F)F)c2)CCC1. The summed E-state index contributed by atoms with van der Waals surface area (Å²) in [7, 11) is 1.47. The summed E-state index contributed by atoms with van der Waals surface area (Å²) in [6.07, 6.45) is -2.59. The van der Waals surface area contributed by atoms with Crippen LogP contribution in [0.2, 0.25) is 0 Å². The van der Waals surface area contributed by atoms with Gasteiger partial charge in [-0.2, -0.15) is 13.2 Å². The smallest absolute Gasteiger partial charge is 0.380 e. The lowest BCUT2D eigenvalue weighted by Gasteiger charge is -2.43. The Morgan fingerprint density at radius 3 is 2.61 bits per heavy atom. The molecule has 0 aliphatic heterocycles. The van der Waals surface area contributed by atoms with E-state index in [1.807, 2.05) is 0 Å². The summed E-state index contributed by atoms with van der Waals surface area (Å²) in [5.74, 6) is -0.264. The van der Waals surface area contributed by atoms with Crippen molar-refractivity contribution in [2.24, 2.45) is 5.73 Å². The van der Waals surface area contributed by atoms with Gasteiger partial charge in [0.1, 0.15) is 0 Å². The van der Waals surface area contributed by atoms with E-state index >= 15 is 0 Å². The Morgan fingerprint density at radius 1 is 1.43 bits per heavy atom. The average Bonchev–Trinajstić information content (AvgIpc) is 2.47. The third kappa shape index (κ3) is 4.03. The number of carbonyl (C=O) groups excluding carboxylic acids is 1. The Morgan fingerprint density at radius 2 is 2.13 bits per heavy atom. The molecule has 1 aliphatic rings. The average molecular weight is 330 g/mol. The number of ether oxygens (including phenoxy) is 1. The van der Waals surface area contributed by atoms with Crippen LogP contribution in [0.5, 0.6) is 0 Å².